The van der Waals surface area contributed by atoms with E-state index in [2.05, 4.69) is 10.5 Å². The van der Waals surface area contributed by atoms with Crippen molar-refractivity contribution in [2.75, 3.05) is 0 Å². The number of hydrogen-bond acceptors (Lipinski definition) is 3. The van der Waals surface area contributed by atoms with E-state index in [1.807, 2.05) is 0 Å². The highest BCUT2D eigenvalue weighted by molar-refractivity contribution is 6.00. The van der Waals surface area contributed by atoms with E-state index in [9.17, 15) is 9.18 Å². The van der Waals surface area contributed by atoms with Crippen LogP contribution in [0.1, 0.15) is 36.2 Å². The summed E-state index contributed by atoms with van der Waals surface area (Å²) in [5.74, 6) is -0.875. The van der Waals surface area contributed by atoms with Crippen molar-refractivity contribution in [3.8, 4) is 0 Å². The molecule has 0 aromatic heterocycles. The van der Waals surface area contributed by atoms with Gasteiger partial charge in [0.1, 0.15) is 5.82 Å². The van der Waals surface area contributed by atoms with Gasteiger partial charge in [-0.1, -0.05) is 12.1 Å². The predicted octanol–water partition coefficient (Wildman–Crippen LogP) is 1.78. The maximum atomic E-state index is 13.0. The van der Waals surface area contributed by atoms with Gasteiger partial charge in [0.15, 0.2) is 5.84 Å². The molecule has 1 aromatic carbocycles. The average Bonchev–Trinajstić information content (AvgIpc) is 2.37. The fourth-order valence-electron chi connectivity index (χ4n) is 1.64. The lowest BCUT2D eigenvalue weighted by Crippen LogP contribution is -2.55. The maximum Gasteiger partial charge on any atom is 0.252 e. The molecule has 0 heterocycles. The fourth-order valence-corrected chi connectivity index (χ4v) is 1.64. The minimum atomic E-state index is -0.952. The molecule has 0 aliphatic heterocycles. The number of nitrogens with zero attached hydrogens (tertiary/aromatic N) is 1. The lowest BCUT2D eigenvalue weighted by molar-refractivity contribution is 0.0924. The molecule has 0 saturated carbocycles. The topological polar surface area (TPSA) is 87.7 Å². The van der Waals surface area contributed by atoms with E-state index in [0.29, 0.717) is 17.5 Å². The molecule has 0 saturated heterocycles. The van der Waals surface area contributed by atoms with Gasteiger partial charge in [-0.05, 0) is 44.0 Å². The molecule has 1 amide bonds. The second-order valence-corrected chi connectivity index (χ2v) is 4.58. The van der Waals surface area contributed by atoms with Gasteiger partial charge in [-0.15, -0.1) is 0 Å². The van der Waals surface area contributed by atoms with Gasteiger partial charge in [0.05, 0.1) is 5.54 Å². The van der Waals surface area contributed by atoms with E-state index in [1.54, 1.807) is 20.8 Å². The molecule has 0 radical (unpaired) electrons. The van der Waals surface area contributed by atoms with Crippen LogP contribution in [0.3, 0.4) is 0 Å². The number of carbonyl (C=O) groups excluding carboxylic acids is 1. The summed E-state index contributed by atoms with van der Waals surface area (Å²) >= 11 is 0. The van der Waals surface area contributed by atoms with Gasteiger partial charge < -0.3 is 16.3 Å². The summed E-state index contributed by atoms with van der Waals surface area (Å²) < 4.78 is 13.0. The maximum absolute atomic E-state index is 13.0. The molecule has 0 spiro atoms. The van der Waals surface area contributed by atoms with Gasteiger partial charge in [0, 0.05) is 5.56 Å². The Morgan fingerprint density at radius 2 is 2.21 bits per heavy atom. The number of nitrogens with two attached hydrogens (primary N) is 1. The van der Waals surface area contributed by atoms with Crippen molar-refractivity contribution in [3.63, 3.8) is 0 Å². The largest absolute Gasteiger partial charge is 0.409 e. The summed E-state index contributed by atoms with van der Waals surface area (Å²) in [5, 5.41) is 14.4. The standard InChI is InChI=1S/C13H18FN3O2/c1-4-13(3,12(15)17-19)16-11(18)10-6-5-9(14)7-8(10)2/h5-7,19H,4H2,1-3H3,(H2,15,17)(H,16,18). The molecule has 1 atom stereocenters. The smallest absolute Gasteiger partial charge is 0.252 e. The average molecular weight is 267 g/mol. The first-order valence-electron chi connectivity index (χ1n) is 5.90. The van der Waals surface area contributed by atoms with Gasteiger partial charge in [-0.3, -0.25) is 4.79 Å². The molecule has 1 aromatic rings. The summed E-state index contributed by atoms with van der Waals surface area (Å²) in [6, 6.07) is 3.90. The molecule has 1 unspecified atom stereocenters. The van der Waals surface area contributed by atoms with Gasteiger partial charge in [-0.2, -0.15) is 0 Å². The molecule has 0 bridgehead atoms. The summed E-state index contributed by atoms with van der Waals surface area (Å²) in [4.78, 5) is 12.1. The zero-order valence-electron chi connectivity index (χ0n) is 11.2. The highest BCUT2D eigenvalue weighted by atomic mass is 19.1. The Labute approximate surface area is 111 Å². The van der Waals surface area contributed by atoms with Gasteiger partial charge >= 0.3 is 0 Å². The van der Waals surface area contributed by atoms with Crippen LogP contribution >= 0.6 is 0 Å². The Morgan fingerprint density at radius 1 is 1.58 bits per heavy atom. The Balaban J connectivity index is 3.02. The molecule has 1 rings (SSSR count). The van der Waals surface area contributed by atoms with Crippen LogP contribution in [0.2, 0.25) is 0 Å². The number of nitrogens with one attached hydrogen (secondary N) is 1. The minimum Gasteiger partial charge on any atom is -0.409 e. The van der Waals surface area contributed by atoms with E-state index in [0.717, 1.165) is 0 Å². The monoisotopic (exact) mass is 267 g/mol. The second-order valence-electron chi connectivity index (χ2n) is 4.58. The fraction of sp³-hybridized carbons (Fsp3) is 0.385. The molecule has 19 heavy (non-hydrogen) atoms. The van der Waals surface area contributed by atoms with Crippen LogP contribution in [0, 0.1) is 12.7 Å². The quantitative estimate of drug-likeness (QED) is 0.336. The number of benzene rings is 1. The Kier molecular flexibility index (Phi) is 4.47. The summed E-state index contributed by atoms with van der Waals surface area (Å²) in [6.45, 7) is 5.10. The Morgan fingerprint density at radius 3 is 2.68 bits per heavy atom. The van der Waals surface area contributed by atoms with E-state index in [1.165, 1.54) is 18.2 Å². The zero-order chi connectivity index (χ0) is 14.6. The van der Waals surface area contributed by atoms with E-state index in [-0.39, 0.29) is 5.84 Å². The van der Waals surface area contributed by atoms with Crippen LogP contribution in [0.5, 0.6) is 0 Å². The molecular weight excluding hydrogens is 249 g/mol. The summed E-state index contributed by atoms with van der Waals surface area (Å²) in [5.41, 5.74) is 5.50. The minimum absolute atomic E-state index is 0.0804. The van der Waals surface area contributed by atoms with E-state index in [4.69, 9.17) is 10.9 Å². The van der Waals surface area contributed by atoms with Crippen LogP contribution in [0.15, 0.2) is 23.4 Å². The van der Waals surface area contributed by atoms with Crippen LogP contribution in [-0.2, 0) is 0 Å². The van der Waals surface area contributed by atoms with Gasteiger partial charge in [0.2, 0.25) is 0 Å². The normalized spacial score (nSPS) is 14.8. The molecule has 5 nitrogen and oxygen atoms in total. The first kappa shape index (κ1) is 14.9. The number of amidine groups is 1. The number of carbonyl (C=O) groups is 1. The lowest BCUT2D eigenvalue weighted by atomic mass is 9.96. The second kappa shape index (κ2) is 5.69. The highest BCUT2D eigenvalue weighted by Crippen LogP contribution is 2.14. The van der Waals surface area contributed by atoms with Gasteiger partial charge in [-0.25, -0.2) is 4.39 Å². The molecule has 0 aliphatic rings. The van der Waals surface area contributed by atoms with Crippen molar-refractivity contribution in [1.82, 2.24) is 5.32 Å². The molecule has 0 fully saturated rings. The SMILES string of the molecule is CCC(C)(NC(=O)c1ccc(F)cc1C)/C(N)=N/O. The zero-order valence-corrected chi connectivity index (χ0v) is 11.2. The molecule has 0 aliphatic carbocycles. The first-order valence-corrected chi connectivity index (χ1v) is 5.90. The van der Waals surface area contributed by atoms with Crippen LogP contribution < -0.4 is 11.1 Å². The first-order chi connectivity index (χ1) is 8.84. The number of halogens is 1. The lowest BCUT2D eigenvalue weighted by Gasteiger charge is -2.28. The van der Waals surface area contributed by atoms with Crippen molar-refractivity contribution in [1.29, 1.82) is 0 Å². The third-order valence-electron chi connectivity index (χ3n) is 3.20. The molecular formula is C13H18FN3O2. The Hall–Kier alpha value is -2.11. The molecule has 4 N–H and O–H groups in total. The summed E-state index contributed by atoms with van der Waals surface area (Å²) in [7, 11) is 0. The Bertz CT molecular complexity index is 517. The predicted molar refractivity (Wildman–Crippen MR) is 70.7 cm³/mol. The number of oxime groups is 1. The van der Waals surface area contributed by atoms with Crippen molar-refractivity contribution in [2.45, 2.75) is 32.7 Å². The van der Waals surface area contributed by atoms with Crippen molar-refractivity contribution >= 4 is 11.7 Å². The van der Waals surface area contributed by atoms with Crippen molar-refractivity contribution in [2.24, 2.45) is 10.9 Å². The number of amides is 1. The summed E-state index contributed by atoms with van der Waals surface area (Å²) in [6.07, 6.45) is 0.453. The van der Waals surface area contributed by atoms with Gasteiger partial charge in [0.25, 0.3) is 5.91 Å². The van der Waals surface area contributed by atoms with Crippen molar-refractivity contribution in [3.05, 3.63) is 35.1 Å². The number of rotatable bonds is 4. The third-order valence-corrected chi connectivity index (χ3v) is 3.20. The number of hydrogen-bond donors (Lipinski definition) is 3. The highest BCUT2D eigenvalue weighted by Gasteiger charge is 2.30. The van der Waals surface area contributed by atoms with Crippen molar-refractivity contribution < 1.29 is 14.4 Å². The third kappa shape index (κ3) is 3.21. The number of aryl methyl sites for hydroxylation is 1. The van der Waals surface area contributed by atoms with Crippen LogP contribution in [-0.4, -0.2) is 22.5 Å². The van der Waals surface area contributed by atoms with E-state index >= 15 is 0 Å². The van der Waals surface area contributed by atoms with Crippen LogP contribution in [0.4, 0.5) is 4.39 Å². The molecule has 104 valence electrons. The van der Waals surface area contributed by atoms with E-state index < -0.39 is 17.3 Å². The van der Waals surface area contributed by atoms with Crippen LogP contribution in [0.25, 0.3) is 0 Å². The molecule has 6 heteroatoms.